The van der Waals surface area contributed by atoms with Crippen molar-refractivity contribution in [3.05, 3.63) is 35.9 Å². The maximum atomic E-state index is 6.04. The number of hydrogen-bond donors (Lipinski definition) is 1. The van der Waals surface area contributed by atoms with Gasteiger partial charge in [-0.1, -0.05) is 56.5 Å². The second kappa shape index (κ2) is 7.84. The zero-order chi connectivity index (χ0) is 9.52. The predicted molar refractivity (Wildman–Crippen MR) is 64.8 cm³/mol. The lowest BCUT2D eigenvalue weighted by Gasteiger charge is -2.10. The molecule has 1 rings (SSSR count). The third-order valence-electron chi connectivity index (χ3n) is 2.35. The van der Waals surface area contributed by atoms with Crippen molar-refractivity contribution in [1.29, 1.82) is 0 Å². The van der Waals surface area contributed by atoms with E-state index in [9.17, 15) is 0 Å². The van der Waals surface area contributed by atoms with Crippen molar-refractivity contribution in [1.82, 2.24) is 0 Å². The molecule has 0 spiro atoms. The van der Waals surface area contributed by atoms with Crippen molar-refractivity contribution in [2.24, 2.45) is 5.73 Å². The van der Waals surface area contributed by atoms with Crippen LogP contribution >= 0.6 is 12.4 Å². The van der Waals surface area contributed by atoms with Crippen LogP contribution in [0.15, 0.2) is 30.3 Å². The summed E-state index contributed by atoms with van der Waals surface area (Å²) in [5, 5.41) is 0. The van der Waals surface area contributed by atoms with Gasteiger partial charge in [-0.2, -0.15) is 0 Å². The third kappa shape index (κ3) is 4.64. The van der Waals surface area contributed by atoms with Gasteiger partial charge in [0.2, 0.25) is 0 Å². The fourth-order valence-corrected chi connectivity index (χ4v) is 1.48. The number of unbranched alkanes of at least 4 members (excludes halogenated alkanes) is 2. The summed E-state index contributed by atoms with van der Waals surface area (Å²) in [5.74, 6) is 0. The average molecular weight is 214 g/mol. The lowest BCUT2D eigenvalue weighted by Crippen LogP contribution is -2.09. The fourth-order valence-electron chi connectivity index (χ4n) is 1.48. The first-order chi connectivity index (χ1) is 6.34. The number of rotatable bonds is 5. The Labute approximate surface area is 93.1 Å². The first kappa shape index (κ1) is 13.5. The first-order valence-corrected chi connectivity index (χ1v) is 5.15. The predicted octanol–water partition coefficient (Wildman–Crippen LogP) is 3.69. The zero-order valence-corrected chi connectivity index (χ0v) is 9.59. The van der Waals surface area contributed by atoms with Gasteiger partial charge in [-0.15, -0.1) is 12.4 Å². The molecule has 0 unspecified atom stereocenters. The molecule has 1 atom stereocenters. The molecule has 0 amide bonds. The largest absolute Gasteiger partial charge is 0.324 e. The van der Waals surface area contributed by atoms with E-state index in [-0.39, 0.29) is 18.4 Å². The topological polar surface area (TPSA) is 26.0 Å². The molecule has 1 nitrogen and oxygen atoms in total. The lowest BCUT2D eigenvalue weighted by atomic mass is 10.0. The Hall–Kier alpha value is -0.530. The number of halogens is 1. The highest BCUT2D eigenvalue weighted by molar-refractivity contribution is 5.85. The van der Waals surface area contributed by atoms with E-state index in [1.165, 1.54) is 24.8 Å². The molecule has 1 aromatic rings. The van der Waals surface area contributed by atoms with Crippen LogP contribution in [-0.4, -0.2) is 0 Å². The SMILES string of the molecule is CCCCC[C@@H](N)c1ccccc1.Cl. The quantitative estimate of drug-likeness (QED) is 0.742. The minimum absolute atomic E-state index is 0. The Balaban J connectivity index is 0.00000169. The summed E-state index contributed by atoms with van der Waals surface area (Å²) in [7, 11) is 0. The standard InChI is InChI=1S/C12H19N.ClH/c1-2-3-5-10-12(13)11-8-6-4-7-9-11;/h4,6-9,12H,2-3,5,10,13H2,1H3;1H/t12-;/m1./s1. The molecule has 1 aromatic carbocycles. The molecule has 0 saturated carbocycles. The molecule has 2 N–H and O–H groups in total. The van der Waals surface area contributed by atoms with Gasteiger partial charge in [0, 0.05) is 6.04 Å². The number of nitrogens with two attached hydrogens (primary N) is 1. The number of benzene rings is 1. The summed E-state index contributed by atoms with van der Waals surface area (Å²) < 4.78 is 0. The van der Waals surface area contributed by atoms with Crippen molar-refractivity contribution in [2.75, 3.05) is 0 Å². The Morgan fingerprint density at radius 1 is 1.14 bits per heavy atom. The van der Waals surface area contributed by atoms with Crippen LogP contribution in [0.25, 0.3) is 0 Å². The van der Waals surface area contributed by atoms with Crippen LogP contribution in [0.3, 0.4) is 0 Å². The third-order valence-corrected chi connectivity index (χ3v) is 2.35. The van der Waals surface area contributed by atoms with Gasteiger partial charge in [0.05, 0.1) is 0 Å². The lowest BCUT2D eigenvalue weighted by molar-refractivity contribution is 0.581. The summed E-state index contributed by atoms with van der Waals surface area (Å²) in [6.07, 6.45) is 4.91. The van der Waals surface area contributed by atoms with Crippen molar-refractivity contribution < 1.29 is 0 Å². The van der Waals surface area contributed by atoms with E-state index in [1.54, 1.807) is 0 Å². The van der Waals surface area contributed by atoms with E-state index in [1.807, 2.05) is 6.07 Å². The fraction of sp³-hybridized carbons (Fsp3) is 0.500. The van der Waals surface area contributed by atoms with Crippen molar-refractivity contribution in [2.45, 2.75) is 38.6 Å². The maximum absolute atomic E-state index is 6.04. The maximum Gasteiger partial charge on any atom is 0.0294 e. The van der Waals surface area contributed by atoms with Gasteiger partial charge < -0.3 is 5.73 Å². The minimum atomic E-state index is 0. The molecule has 80 valence electrons. The molecule has 0 fully saturated rings. The van der Waals surface area contributed by atoms with Gasteiger partial charge in [0.15, 0.2) is 0 Å². The van der Waals surface area contributed by atoms with Gasteiger partial charge in [-0.3, -0.25) is 0 Å². The van der Waals surface area contributed by atoms with E-state index >= 15 is 0 Å². The smallest absolute Gasteiger partial charge is 0.0294 e. The van der Waals surface area contributed by atoms with E-state index in [2.05, 4.69) is 31.2 Å². The van der Waals surface area contributed by atoms with Crippen molar-refractivity contribution in [3.8, 4) is 0 Å². The Morgan fingerprint density at radius 2 is 1.79 bits per heavy atom. The van der Waals surface area contributed by atoms with Gasteiger partial charge in [-0.05, 0) is 12.0 Å². The molecular formula is C12H20ClN. The molecule has 0 aliphatic rings. The highest BCUT2D eigenvalue weighted by atomic mass is 35.5. The van der Waals surface area contributed by atoms with E-state index in [0.29, 0.717) is 0 Å². The van der Waals surface area contributed by atoms with Gasteiger partial charge in [0.25, 0.3) is 0 Å². The molecule has 2 heteroatoms. The highest BCUT2D eigenvalue weighted by Crippen LogP contribution is 2.16. The summed E-state index contributed by atoms with van der Waals surface area (Å²) in [6, 6.07) is 10.6. The second-order valence-corrected chi connectivity index (χ2v) is 3.51. The minimum Gasteiger partial charge on any atom is -0.324 e. The molecule has 0 bridgehead atoms. The molecule has 14 heavy (non-hydrogen) atoms. The Bertz CT molecular complexity index is 223. The van der Waals surface area contributed by atoms with Crippen LogP contribution < -0.4 is 5.73 Å². The Morgan fingerprint density at radius 3 is 2.36 bits per heavy atom. The van der Waals surface area contributed by atoms with Crippen LogP contribution in [0.1, 0.15) is 44.2 Å². The normalized spacial score (nSPS) is 11.9. The summed E-state index contributed by atoms with van der Waals surface area (Å²) in [4.78, 5) is 0. The monoisotopic (exact) mass is 213 g/mol. The van der Waals surface area contributed by atoms with Crippen LogP contribution in [0.2, 0.25) is 0 Å². The summed E-state index contributed by atoms with van der Waals surface area (Å²) >= 11 is 0. The number of hydrogen-bond acceptors (Lipinski definition) is 1. The molecule has 0 aliphatic carbocycles. The van der Waals surface area contributed by atoms with E-state index in [4.69, 9.17) is 5.73 Å². The molecule has 0 radical (unpaired) electrons. The van der Waals surface area contributed by atoms with Crippen LogP contribution in [0.4, 0.5) is 0 Å². The molecule has 0 aromatic heterocycles. The highest BCUT2D eigenvalue weighted by Gasteiger charge is 2.03. The van der Waals surface area contributed by atoms with Gasteiger partial charge >= 0.3 is 0 Å². The van der Waals surface area contributed by atoms with Crippen LogP contribution in [0, 0.1) is 0 Å². The summed E-state index contributed by atoms with van der Waals surface area (Å²) in [5.41, 5.74) is 7.30. The zero-order valence-electron chi connectivity index (χ0n) is 8.78. The van der Waals surface area contributed by atoms with Crippen LogP contribution in [0.5, 0.6) is 0 Å². The molecule has 0 heterocycles. The van der Waals surface area contributed by atoms with Crippen molar-refractivity contribution in [3.63, 3.8) is 0 Å². The molecular weight excluding hydrogens is 194 g/mol. The molecule has 0 aliphatic heterocycles. The summed E-state index contributed by atoms with van der Waals surface area (Å²) in [6.45, 7) is 2.22. The van der Waals surface area contributed by atoms with Crippen LogP contribution in [-0.2, 0) is 0 Å². The van der Waals surface area contributed by atoms with E-state index < -0.39 is 0 Å². The van der Waals surface area contributed by atoms with E-state index in [0.717, 1.165) is 6.42 Å². The average Bonchev–Trinajstić information content (AvgIpc) is 2.19. The second-order valence-electron chi connectivity index (χ2n) is 3.51. The first-order valence-electron chi connectivity index (χ1n) is 5.15. The van der Waals surface area contributed by atoms with Gasteiger partial charge in [0.1, 0.15) is 0 Å². The van der Waals surface area contributed by atoms with Crippen molar-refractivity contribution >= 4 is 12.4 Å². The van der Waals surface area contributed by atoms with Gasteiger partial charge in [-0.25, -0.2) is 0 Å². The molecule has 0 saturated heterocycles. The Kier molecular flexibility index (Phi) is 7.54.